The molecule has 0 aliphatic heterocycles. The van der Waals surface area contributed by atoms with Crippen LogP contribution < -0.4 is 15.8 Å². The second-order valence-electron chi connectivity index (χ2n) is 7.75. The molecular formula is C20H26N6O3S. The van der Waals surface area contributed by atoms with E-state index < -0.39 is 15.9 Å². The lowest BCUT2D eigenvalue weighted by Gasteiger charge is -2.26. The summed E-state index contributed by atoms with van der Waals surface area (Å²) in [5.41, 5.74) is 6.30. The summed E-state index contributed by atoms with van der Waals surface area (Å²) in [5, 5.41) is 17.0. The van der Waals surface area contributed by atoms with E-state index in [2.05, 4.69) is 21.2 Å². The molecule has 0 radical (unpaired) electrons. The lowest BCUT2D eigenvalue weighted by Crippen LogP contribution is -2.30. The number of anilines is 2. The highest BCUT2D eigenvalue weighted by Crippen LogP contribution is 2.34. The van der Waals surface area contributed by atoms with Crippen molar-refractivity contribution in [3.8, 4) is 6.07 Å². The number of nitriles is 1. The second-order valence-corrected chi connectivity index (χ2v) is 9.46. The minimum absolute atomic E-state index is 0.105. The average molecular weight is 431 g/mol. The number of sulfonamides is 1. The number of amides is 1. The van der Waals surface area contributed by atoms with Crippen molar-refractivity contribution in [1.29, 1.82) is 5.26 Å². The molecule has 1 aliphatic carbocycles. The van der Waals surface area contributed by atoms with Crippen molar-refractivity contribution in [2.45, 2.75) is 56.5 Å². The van der Waals surface area contributed by atoms with Crippen LogP contribution in [-0.2, 0) is 10.0 Å². The Morgan fingerprint density at radius 3 is 2.53 bits per heavy atom. The van der Waals surface area contributed by atoms with Crippen molar-refractivity contribution >= 4 is 27.4 Å². The Kier molecular flexibility index (Phi) is 6.43. The van der Waals surface area contributed by atoms with Gasteiger partial charge in [0.25, 0.3) is 5.91 Å². The fourth-order valence-corrected chi connectivity index (χ4v) is 4.90. The number of nitrogens with one attached hydrogen (secondary N) is 2. The molecule has 0 unspecified atom stereocenters. The molecule has 1 amide bonds. The highest BCUT2D eigenvalue weighted by Gasteiger charge is 2.29. The zero-order valence-electron chi connectivity index (χ0n) is 17.0. The van der Waals surface area contributed by atoms with Gasteiger partial charge in [-0.3, -0.25) is 9.48 Å². The van der Waals surface area contributed by atoms with Gasteiger partial charge in [-0.2, -0.15) is 10.4 Å². The first-order valence-electron chi connectivity index (χ1n) is 9.89. The summed E-state index contributed by atoms with van der Waals surface area (Å²) in [6.07, 6.45) is 5.20. The lowest BCUT2D eigenvalue weighted by molar-refractivity contribution is 0.100. The number of hydrogen-bond donors (Lipinski definition) is 3. The zero-order chi connectivity index (χ0) is 21.9. The van der Waals surface area contributed by atoms with Crippen LogP contribution in [0, 0.1) is 17.2 Å². The zero-order valence-corrected chi connectivity index (χ0v) is 17.8. The quantitative estimate of drug-likeness (QED) is 0.616. The molecule has 1 heterocycles. The van der Waals surface area contributed by atoms with Crippen molar-refractivity contribution in [3.05, 3.63) is 36.0 Å². The van der Waals surface area contributed by atoms with Gasteiger partial charge in [0.1, 0.15) is 5.56 Å². The fourth-order valence-electron chi connectivity index (χ4n) is 3.65. The normalized spacial score (nSPS) is 19.4. The van der Waals surface area contributed by atoms with Crippen LogP contribution in [0.5, 0.6) is 0 Å². The van der Waals surface area contributed by atoms with Crippen molar-refractivity contribution in [1.82, 2.24) is 14.5 Å². The fraction of sp³-hybridized carbons (Fsp3) is 0.450. The summed E-state index contributed by atoms with van der Waals surface area (Å²) in [5.74, 6) is -0.515. The first-order valence-corrected chi connectivity index (χ1v) is 11.4. The number of nitrogens with two attached hydrogens (primary N) is 1. The molecule has 0 saturated heterocycles. The third-order valence-electron chi connectivity index (χ3n) is 5.05. The maximum Gasteiger partial charge on any atom is 0.254 e. The van der Waals surface area contributed by atoms with E-state index >= 15 is 0 Å². The van der Waals surface area contributed by atoms with Crippen molar-refractivity contribution in [2.24, 2.45) is 11.7 Å². The van der Waals surface area contributed by atoms with Crippen LogP contribution in [0.15, 0.2) is 35.4 Å². The summed E-state index contributed by atoms with van der Waals surface area (Å²) in [7, 11) is -3.59. The number of aromatic nitrogens is 2. The summed E-state index contributed by atoms with van der Waals surface area (Å²) in [6, 6.07) is 8.15. The molecule has 30 heavy (non-hydrogen) atoms. The van der Waals surface area contributed by atoms with Gasteiger partial charge >= 0.3 is 0 Å². The minimum Gasteiger partial charge on any atom is -0.365 e. The number of rotatable bonds is 7. The highest BCUT2D eigenvalue weighted by atomic mass is 32.2. The third kappa shape index (κ3) is 4.80. The van der Waals surface area contributed by atoms with E-state index in [1.807, 2.05) is 0 Å². The van der Waals surface area contributed by atoms with Gasteiger partial charge in [0.05, 0.1) is 22.9 Å². The Balaban J connectivity index is 1.85. The van der Waals surface area contributed by atoms with Crippen molar-refractivity contribution in [2.75, 3.05) is 5.32 Å². The van der Waals surface area contributed by atoms with Gasteiger partial charge in [0.15, 0.2) is 5.82 Å². The van der Waals surface area contributed by atoms with Gasteiger partial charge in [-0.15, -0.1) is 0 Å². The maximum absolute atomic E-state index is 12.3. The second kappa shape index (κ2) is 8.85. The minimum atomic E-state index is -3.59. The summed E-state index contributed by atoms with van der Waals surface area (Å²) in [6.45, 7) is 3.50. The Morgan fingerprint density at radius 2 is 1.93 bits per heavy atom. The number of carbonyl (C=O) groups excluding carboxylic acids is 1. The van der Waals surface area contributed by atoms with E-state index in [0.29, 0.717) is 5.69 Å². The van der Waals surface area contributed by atoms with Gasteiger partial charge in [-0.25, -0.2) is 13.1 Å². The van der Waals surface area contributed by atoms with Crippen LogP contribution in [0.25, 0.3) is 0 Å². The predicted octanol–water partition coefficient (Wildman–Crippen LogP) is 2.67. The van der Waals surface area contributed by atoms with Gasteiger partial charge in [-0.05, 0) is 51.0 Å². The molecule has 3 rings (SSSR count). The molecule has 1 aromatic carbocycles. The summed E-state index contributed by atoms with van der Waals surface area (Å²) < 4.78 is 28.7. The number of primary amides is 1. The molecule has 1 aromatic heterocycles. The summed E-state index contributed by atoms with van der Waals surface area (Å²) >= 11 is 0. The summed E-state index contributed by atoms with van der Waals surface area (Å²) in [4.78, 5) is 12.1. The predicted molar refractivity (Wildman–Crippen MR) is 113 cm³/mol. The van der Waals surface area contributed by atoms with Gasteiger partial charge in [0.2, 0.25) is 10.0 Å². The molecule has 2 aromatic rings. The molecule has 0 spiro atoms. The molecule has 2 atom stereocenters. The molecule has 1 aliphatic rings. The van der Waals surface area contributed by atoms with Crippen LogP contribution >= 0.6 is 0 Å². The van der Waals surface area contributed by atoms with Crippen molar-refractivity contribution in [3.63, 3.8) is 0 Å². The van der Waals surface area contributed by atoms with E-state index in [4.69, 9.17) is 5.73 Å². The molecule has 160 valence electrons. The number of nitrogens with zero attached hydrogens (tertiary/aromatic N) is 3. The smallest absolute Gasteiger partial charge is 0.254 e. The van der Waals surface area contributed by atoms with Gasteiger partial charge in [-0.1, -0.05) is 12.8 Å². The number of benzene rings is 1. The maximum atomic E-state index is 12.3. The van der Waals surface area contributed by atoms with E-state index in [1.165, 1.54) is 12.1 Å². The van der Waals surface area contributed by atoms with Gasteiger partial charge < -0.3 is 11.1 Å². The van der Waals surface area contributed by atoms with Gasteiger partial charge in [0, 0.05) is 17.9 Å². The van der Waals surface area contributed by atoms with Crippen LogP contribution in [-0.4, -0.2) is 30.1 Å². The first kappa shape index (κ1) is 21.8. The third-order valence-corrected chi connectivity index (χ3v) is 6.73. The average Bonchev–Trinajstić information content (AvgIpc) is 3.11. The molecule has 1 fully saturated rings. The van der Waals surface area contributed by atoms with E-state index in [-0.39, 0.29) is 34.3 Å². The topological polar surface area (TPSA) is 143 Å². The van der Waals surface area contributed by atoms with E-state index in [0.717, 1.165) is 25.7 Å². The Morgan fingerprint density at radius 1 is 1.27 bits per heavy atom. The van der Waals surface area contributed by atoms with Crippen LogP contribution in [0.2, 0.25) is 0 Å². The Labute approximate surface area is 176 Å². The molecule has 0 bridgehead atoms. The molecular weight excluding hydrogens is 404 g/mol. The molecule has 9 nitrogen and oxygen atoms in total. The molecule has 1 saturated carbocycles. The van der Waals surface area contributed by atoms with Crippen LogP contribution in [0.1, 0.15) is 55.9 Å². The van der Waals surface area contributed by atoms with Crippen molar-refractivity contribution < 1.29 is 13.2 Å². The first-order chi connectivity index (χ1) is 14.2. The monoisotopic (exact) mass is 430 g/mol. The Bertz CT molecular complexity index is 1050. The largest absolute Gasteiger partial charge is 0.365 e. The van der Waals surface area contributed by atoms with Crippen LogP contribution in [0.3, 0.4) is 0 Å². The SMILES string of the molecule is CC(C)NS(=O)(=O)c1ccc(Nc2nn([C@@H]3CCCC[C@@H]3C#N)cc2C(N)=O)cc1. The molecule has 4 N–H and O–H groups in total. The number of hydrogen-bond acceptors (Lipinski definition) is 6. The highest BCUT2D eigenvalue weighted by molar-refractivity contribution is 7.89. The standard InChI is InChI=1S/C20H26N6O3S/c1-13(2)25-30(28,29)16-9-7-15(8-10-16)23-20-17(19(22)27)12-26(24-20)18-6-4-3-5-14(18)11-21/h7-10,12-14,18,25H,3-6H2,1-2H3,(H2,22,27)(H,23,24)/t14-,18-/m1/s1. The number of carbonyl (C=O) groups is 1. The Hall–Kier alpha value is -2.90. The van der Waals surface area contributed by atoms with E-state index in [1.54, 1.807) is 36.9 Å². The molecule has 10 heteroatoms. The lowest BCUT2D eigenvalue weighted by atomic mass is 9.85. The van der Waals surface area contributed by atoms with Crippen LogP contribution in [0.4, 0.5) is 11.5 Å². The van der Waals surface area contributed by atoms with E-state index in [9.17, 15) is 18.5 Å².